The molecule has 31 heavy (non-hydrogen) atoms. The van der Waals surface area contributed by atoms with Crippen LogP contribution < -0.4 is 10.2 Å². The second-order valence-electron chi connectivity index (χ2n) is 9.17. The van der Waals surface area contributed by atoms with Crippen LogP contribution in [0.3, 0.4) is 0 Å². The minimum atomic E-state index is -0.734. The highest BCUT2D eigenvalue weighted by molar-refractivity contribution is 5.93. The van der Waals surface area contributed by atoms with E-state index in [1.54, 1.807) is 6.07 Å². The highest BCUT2D eigenvalue weighted by Gasteiger charge is 2.29. The summed E-state index contributed by atoms with van der Waals surface area (Å²) in [5, 5.41) is 14.6. The first-order valence-electron chi connectivity index (χ1n) is 11.3. The van der Waals surface area contributed by atoms with Crippen molar-refractivity contribution >= 4 is 23.3 Å². The van der Waals surface area contributed by atoms with Crippen molar-refractivity contribution in [2.24, 2.45) is 17.8 Å². The number of hydrogen-bond acceptors (Lipinski definition) is 6. The maximum atomic E-state index is 12.4. The molecule has 1 aromatic carbocycles. The third-order valence-corrected chi connectivity index (χ3v) is 6.79. The summed E-state index contributed by atoms with van der Waals surface area (Å²) in [5.41, 5.74) is 0.484. The topological polar surface area (TPSA) is 102 Å². The van der Waals surface area contributed by atoms with Crippen LogP contribution in [-0.4, -0.2) is 42.5 Å². The molecule has 0 bridgehead atoms. The van der Waals surface area contributed by atoms with Crippen molar-refractivity contribution in [2.75, 3.05) is 24.6 Å². The number of amides is 1. The van der Waals surface area contributed by atoms with Crippen molar-refractivity contribution in [1.82, 2.24) is 5.32 Å². The van der Waals surface area contributed by atoms with Crippen LogP contribution in [0.1, 0.15) is 63.2 Å². The molecule has 0 unspecified atom stereocenters. The summed E-state index contributed by atoms with van der Waals surface area (Å²) in [6, 6.07) is 4.48. The lowest BCUT2D eigenvalue weighted by atomic mass is 9.78. The van der Waals surface area contributed by atoms with Crippen molar-refractivity contribution in [2.45, 2.75) is 58.9 Å². The molecule has 3 rings (SSSR count). The molecule has 1 aliphatic heterocycles. The first-order chi connectivity index (χ1) is 14.8. The molecule has 1 heterocycles. The number of anilines is 1. The molecule has 0 aromatic heterocycles. The van der Waals surface area contributed by atoms with E-state index in [2.05, 4.69) is 26.1 Å². The summed E-state index contributed by atoms with van der Waals surface area (Å²) in [6.07, 6.45) is 5.24. The molecule has 0 spiro atoms. The van der Waals surface area contributed by atoms with E-state index in [-0.39, 0.29) is 23.2 Å². The van der Waals surface area contributed by atoms with Crippen LogP contribution in [0, 0.1) is 27.9 Å². The average Bonchev–Trinajstić information content (AvgIpc) is 2.74. The predicted octanol–water partition coefficient (Wildman–Crippen LogP) is 3.93. The minimum absolute atomic E-state index is 0.0768. The zero-order chi connectivity index (χ0) is 22.5. The smallest absolute Gasteiger partial charge is 0.338 e. The van der Waals surface area contributed by atoms with Gasteiger partial charge in [0.25, 0.3) is 11.6 Å². The second-order valence-corrected chi connectivity index (χ2v) is 9.17. The lowest BCUT2D eigenvalue weighted by molar-refractivity contribution is -0.384. The van der Waals surface area contributed by atoms with Gasteiger partial charge in [0.15, 0.2) is 6.61 Å². The van der Waals surface area contributed by atoms with Crippen LogP contribution in [0.2, 0.25) is 0 Å². The van der Waals surface area contributed by atoms with Gasteiger partial charge in [-0.25, -0.2) is 4.79 Å². The number of rotatable bonds is 6. The average molecular weight is 432 g/mol. The van der Waals surface area contributed by atoms with Gasteiger partial charge < -0.3 is 15.0 Å². The summed E-state index contributed by atoms with van der Waals surface area (Å²) in [4.78, 5) is 37.9. The number of carbonyl (C=O) groups is 2. The van der Waals surface area contributed by atoms with Crippen LogP contribution >= 0.6 is 0 Å². The van der Waals surface area contributed by atoms with E-state index in [1.807, 2.05) is 4.90 Å². The fraction of sp³-hybridized carbons (Fsp3) is 0.652. The van der Waals surface area contributed by atoms with Gasteiger partial charge in [-0.05, 0) is 49.1 Å². The molecule has 1 aromatic rings. The largest absolute Gasteiger partial charge is 0.452 e. The van der Waals surface area contributed by atoms with Crippen molar-refractivity contribution < 1.29 is 19.2 Å². The quantitative estimate of drug-likeness (QED) is 0.416. The van der Waals surface area contributed by atoms with Gasteiger partial charge in [0.1, 0.15) is 5.69 Å². The number of nitrogens with zero attached hydrogens (tertiary/aromatic N) is 2. The molecular formula is C23H33N3O5. The lowest BCUT2D eigenvalue weighted by Gasteiger charge is -2.34. The van der Waals surface area contributed by atoms with Gasteiger partial charge in [-0.15, -0.1) is 0 Å². The van der Waals surface area contributed by atoms with Gasteiger partial charge in [0.05, 0.1) is 10.5 Å². The Balaban J connectivity index is 1.61. The zero-order valence-corrected chi connectivity index (χ0v) is 18.6. The highest BCUT2D eigenvalue weighted by atomic mass is 16.6. The fourth-order valence-electron chi connectivity index (χ4n) is 4.72. The second kappa shape index (κ2) is 10.1. The SMILES string of the molecule is C[C@@H]1CCCN(c2ccc(C(=O)OCC(=O)N[C@@H]3CCC[C@H](C)[C@@H]3C)cc2[N+](=O)[O-])C1. The summed E-state index contributed by atoms with van der Waals surface area (Å²) < 4.78 is 5.14. The van der Waals surface area contributed by atoms with Crippen molar-refractivity contribution in [3.63, 3.8) is 0 Å². The number of esters is 1. The Kier molecular flexibility index (Phi) is 7.51. The number of nitro benzene ring substituents is 1. The molecule has 8 heteroatoms. The Hall–Kier alpha value is -2.64. The molecule has 2 aliphatic rings. The molecule has 4 atom stereocenters. The fourth-order valence-corrected chi connectivity index (χ4v) is 4.72. The molecule has 0 radical (unpaired) electrons. The molecule has 8 nitrogen and oxygen atoms in total. The van der Waals surface area contributed by atoms with E-state index >= 15 is 0 Å². The van der Waals surface area contributed by atoms with Gasteiger partial charge in [0.2, 0.25) is 0 Å². The minimum Gasteiger partial charge on any atom is -0.452 e. The van der Waals surface area contributed by atoms with Crippen LogP contribution in [-0.2, 0) is 9.53 Å². The molecule has 1 aliphatic carbocycles. The Labute approximate surface area is 183 Å². The Morgan fingerprint density at radius 2 is 1.97 bits per heavy atom. The third-order valence-electron chi connectivity index (χ3n) is 6.79. The normalized spacial score (nSPS) is 26.2. The molecule has 1 amide bonds. The van der Waals surface area contributed by atoms with Crippen LogP contribution in [0.15, 0.2) is 18.2 Å². The Bertz CT molecular complexity index is 827. The van der Waals surface area contributed by atoms with Crippen molar-refractivity contribution in [1.29, 1.82) is 0 Å². The summed E-state index contributed by atoms with van der Waals surface area (Å²) in [7, 11) is 0. The van der Waals surface area contributed by atoms with E-state index in [1.165, 1.54) is 12.1 Å². The monoisotopic (exact) mass is 431 g/mol. The van der Waals surface area contributed by atoms with Crippen LogP contribution in [0.5, 0.6) is 0 Å². The van der Waals surface area contributed by atoms with Gasteiger partial charge in [-0.2, -0.15) is 0 Å². The lowest BCUT2D eigenvalue weighted by Crippen LogP contribution is -2.45. The molecule has 1 saturated heterocycles. The Morgan fingerprint density at radius 1 is 1.19 bits per heavy atom. The van der Waals surface area contributed by atoms with Crippen molar-refractivity contribution in [3.05, 3.63) is 33.9 Å². The van der Waals surface area contributed by atoms with E-state index in [9.17, 15) is 19.7 Å². The standard InChI is InChI=1S/C23H33N3O5/c1-15-6-5-11-25(13-15)20-10-9-18(12-21(20)26(29)30)23(28)31-14-22(27)24-19-8-4-7-16(2)17(19)3/h9-10,12,15-17,19H,4-8,11,13-14H2,1-3H3,(H,24,27)/t15-,16+,17+,19-/m1/s1. The van der Waals surface area contributed by atoms with E-state index in [4.69, 9.17) is 4.74 Å². The van der Waals surface area contributed by atoms with Crippen LogP contribution in [0.25, 0.3) is 0 Å². The number of ether oxygens (including phenoxy) is 1. The summed E-state index contributed by atoms with van der Waals surface area (Å²) in [5.74, 6) is 0.311. The first-order valence-corrected chi connectivity index (χ1v) is 11.3. The number of nitrogens with one attached hydrogen (secondary N) is 1. The molecular weight excluding hydrogens is 398 g/mol. The van der Waals surface area contributed by atoms with Gasteiger partial charge in [-0.1, -0.05) is 33.6 Å². The van der Waals surface area contributed by atoms with E-state index < -0.39 is 17.5 Å². The zero-order valence-electron chi connectivity index (χ0n) is 18.6. The molecule has 2 fully saturated rings. The van der Waals surface area contributed by atoms with E-state index in [0.29, 0.717) is 23.4 Å². The number of piperidine rings is 1. The summed E-state index contributed by atoms with van der Waals surface area (Å²) in [6.45, 7) is 7.56. The Morgan fingerprint density at radius 3 is 2.68 bits per heavy atom. The number of hydrogen-bond donors (Lipinski definition) is 1. The first kappa shape index (κ1) is 23.0. The highest BCUT2D eigenvalue weighted by Crippen LogP contribution is 2.33. The molecule has 1 saturated carbocycles. The van der Waals surface area contributed by atoms with Gasteiger partial charge in [-0.3, -0.25) is 14.9 Å². The number of carbonyl (C=O) groups excluding carboxylic acids is 2. The number of nitro groups is 1. The molecule has 1 N–H and O–H groups in total. The predicted molar refractivity (Wildman–Crippen MR) is 118 cm³/mol. The maximum Gasteiger partial charge on any atom is 0.338 e. The molecule has 170 valence electrons. The third kappa shape index (κ3) is 5.74. The maximum absolute atomic E-state index is 12.4. The van der Waals surface area contributed by atoms with Gasteiger partial charge >= 0.3 is 5.97 Å². The van der Waals surface area contributed by atoms with Crippen molar-refractivity contribution in [3.8, 4) is 0 Å². The number of benzene rings is 1. The van der Waals surface area contributed by atoms with Gasteiger partial charge in [0, 0.05) is 25.2 Å². The van der Waals surface area contributed by atoms with E-state index in [0.717, 1.165) is 45.2 Å². The summed E-state index contributed by atoms with van der Waals surface area (Å²) >= 11 is 0. The van der Waals surface area contributed by atoms with Crippen LogP contribution in [0.4, 0.5) is 11.4 Å².